The van der Waals surface area contributed by atoms with E-state index in [0.717, 1.165) is 34.8 Å². The fourth-order valence-electron chi connectivity index (χ4n) is 3.45. The van der Waals surface area contributed by atoms with Gasteiger partial charge in [-0.05, 0) is 38.8 Å². The second-order valence-electron chi connectivity index (χ2n) is 6.90. The van der Waals surface area contributed by atoms with E-state index >= 15 is 0 Å². The Morgan fingerprint density at radius 1 is 1.21 bits per heavy atom. The number of hydrogen-bond donors (Lipinski definition) is 0. The molecule has 0 spiro atoms. The highest BCUT2D eigenvalue weighted by atomic mass is 32.1. The molecule has 1 aliphatic heterocycles. The molecule has 1 amide bonds. The van der Waals surface area contributed by atoms with Gasteiger partial charge in [-0.1, -0.05) is 12.1 Å². The number of nitrogens with zero attached hydrogens (tertiary/aromatic N) is 3. The molecule has 1 saturated heterocycles. The molecule has 0 atom stereocenters. The van der Waals surface area contributed by atoms with Crippen molar-refractivity contribution in [3.8, 4) is 0 Å². The first-order valence-electron chi connectivity index (χ1n) is 9.25. The minimum Gasteiger partial charge on any atom is -0.451 e. The summed E-state index contributed by atoms with van der Waals surface area (Å²) >= 11 is 1.28. The Balaban J connectivity index is 1.30. The first kappa shape index (κ1) is 18.6. The Kier molecular flexibility index (Phi) is 5.13. The van der Waals surface area contributed by atoms with E-state index < -0.39 is 5.97 Å². The molecular formula is C20H21N3O4S. The van der Waals surface area contributed by atoms with Crippen molar-refractivity contribution < 1.29 is 18.7 Å². The van der Waals surface area contributed by atoms with Crippen LogP contribution in [0.5, 0.6) is 0 Å². The number of fused-ring (bicyclic) bond motifs is 1. The maximum absolute atomic E-state index is 12.4. The van der Waals surface area contributed by atoms with E-state index in [-0.39, 0.29) is 18.4 Å². The summed E-state index contributed by atoms with van der Waals surface area (Å²) in [5, 5.41) is 0.803. The number of benzene rings is 1. The van der Waals surface area contributed by atoms with Gasteiger partial charge in [0.2, 0.25) is 0 Å². The number of rotatable bonds is 4. The van der Waals surface area contributed by atoms with Crippen molar-refractivity contribution in [2.24, 2.45) is 0 Å². The smallest absolute Gasteiger partial charge is 0.350 e. The highest BCUT2D eigenvalue weighted by Crippen LogP contribution is 2.30. The van der Waals surface area contributed by atoms with Gasteiger partial charge in [0.1, 0.15) is 10.4 Å². The van der Waals surface area contributed by atoms with Crippen LogP contribution in [0, 0.1) is 13.8 Å². The number of piperidine rings is 1. The topological polar surface area (TPSA) is 85.5 Å². The lowest BCUT2D eigenvalue weighted by molar-refractivity contribution is -0.135. The number of aromatic nitrogens is 2. The van der Waals surface area contributed by atoms with Crippen LogP contribution in [0.3, 0.4) is 0 Å². The number of likely N-dealkylation sites (tertiary alicyclic amines) is 1. The number of hydrogen-bond acceptors (Lipinski definition) is 7. The summed E-state index contributed by atoms with van der Waals surface area (Å²) in [7, 11) is 0. The molecule has 0 N–H and O–H groups in total. The van der Waals surface area contributed by atoms with Crippen LogP contribution < -0.4 is 0 Å². The highest BCUT2D eigenvalue weighted by Gasteiger charge is 2.28. The van der Waals surface area contributed by atoms with Gasteiger partial charge < -0.3 is 14.1 Å². The number of amides is 1. The van der Waals surface area contributed by atoms with Gasteiger partial charge in [-0.25, -0.2) is 14.8 Å². The summed E-state index contributed by atoms with van der Waals surface area (Å²) in [5.74, 6) is 0.263. The van der Waals surface area contributed by atoms with Crippen molar-refractivity contribution in [3.63, 3.8) is 0 Å². The third-order valence-corrected chi connectivity index (χ3v) is 5.98. The molecule has 4 rings (SSSR count). The van der Waals surface area contributed by atoms with Gasteiger partial charge in [0.05, 0.1) is 10.7 Å². The van der Waals surface area contributed by atoms with Gasteiger partial charge >= 0.3 is 5.97 Å². The van der Waals surface area contributed by atoms with E-state index in [1.54, 1.807) is 11.8 Å². The Morgan fingerprint density at radius 2 is 1.96 bits per heavy atom. The molecule has 8 heteroatoms. The molecule has 2 aromatic heterocycles. The molecule has 0 unspecified atom stereocenters. The van der Waals surface area contributed by atoms with Crippen molar-refractivity contribution in [2.75, 3.05) is 19.7 Å². The standard InChI is InChI=1S/C20H21N3O4S/c1-12-18(28-13(2)21-12)20(25)26-11-17(24)23-9-7-14(8-10-23)19-22-15-5-3-4-6-16(15)27-19/h3-6,14H,7-11H2,1-2H3. The van der Waals surface area contributed by atoms with E-state index in [9.17, 15) is 9.59 Å². The monoisotopic (exact) mass is 399 g/mol. The molecule has 146 valence electrons. The molecule has 7 nitrogen and oxygen atoms in total. The zero-order valence-electron chi connectivity index (χ0n) is 15.8. The number of carbonyl (C=O) groups excluding carboxylic acids is 2. The maximum Gasteiger partial charge on any atom is 0.350 e. The summed E-state index contributed by atoms with van der Waals surface area (Å²) in [5.41, 5.74) is 2.28. The second kappa shape index (κ2) is 7.71. The minimum atomic E-state index is -0.488. The Hall–Kier alpha value is -2.74. The van der Waals surface area contributed by atoms with Crippen LogP contribution >= 0.6 is 11.3 Å². The molecule has 0 bridgehead atoms. The van der Waals surface area contributed by atoms with Gasteiger partial charge in [-0.3, -0.25) is 4.79 Å². The maximum atomic E-state index is 12.4. The number of carbonyl (C=O) groups is 2. The summed E-state index contributed by atoms with van der Waals surface area (Å²) in [6.45, 7) is 4.54. The molecule has 0 aliphatic carbocycles. The van der Waals surface area contributed by atoms with E-state index in [4.69, 9.17) is 9.15 Å². The quantitative estimate of drug-likeness (QED) is 0.625. The summed E-state index contributed by atoms with van der Waals surface area (Å²) in [6.07, 6.45) is 1.55. The van der Waals surface area contributed by atoms with E-state index in [0.29, 0.717) is 23.7 Å². The van der Waals surface area contributed by atoms with E-state index in [1.807, 2.05) is 31.2 Å². The minimum absolute atomic E-state index is 0.178. The van der Waals surface area contributed by atoms with Crippen molar-refractivity contribution in [3.05, 3.63) is 45.7 Å². The summed E-state index contributed by atoms with van der Waals surface area (Å²) in [6, 6.07) is 7.70. The third-order valence-electron chi connectivity index (χ3n) is 4.92. The molecule has 3 aromatic rings. The number of para-hydroxylation sites is 2. The highest BCUT2D eigenvalue weighted by molar-refractivity contribution is 7.13. The molecule has 1 aliphatic rings. The summed E-state index contributed by atoms with van der Waals surface area (Å²) < 4.78 is 11.1. The molecule has 0 radical (unpaired) electrons. The van der Waals surface area contributed by atoms with E-state index in [2.05, 4.69) is 9.97 Å². The van der Waals surface area contributed by atoms with Gasteiger partial charge in [0.15, 0.2) is 18.1 Å². The normalized spacial score (nSPS) is 15.1. The fraction of sp³-hybridized carbons (Fsp3) is 0.400. The van der Waals surface area contributed by atoms with Crippen LogP contribution in [-0.2, 0) is 9.53 Å². The van der Waals surface area contributed by atoms with Crippen LogP contribution in [0.1, 0.15) is 45.0 Å². The molecule has 3 heterocycles. The average molecular weight is 399 g/mol. The number of oxazole rings is 1. The Labute approximate surface area is 166 Å². The zero-order valence-corrected chi connectivity index (χ0v) is 16.6. The Bertz CT molecular complexity index is 985. The van der Waals surface area contributed by atoms with E-state index in [1.165, 1.54) is 11.3 Å². The summed E-state index contributed by atoms with van der Waals surface area (Å²) in [4.78, 5) is 35.5. The van der Waals surface area contributed by atoms with Crippen LogP contribution in [0.15, 0.2) is 28.7 Å². The number of esters is 1. The van der Waals surface area contributed by atoms with Gasteiger partial charge in [-0.2, -0.15) is 0 Å². The van der Waals surface area contributed by atoms with Crippen LogP contribution in [-0.4, -0.2) is 46.4 Å². The molecule has 1 fully saturated rings. The number of ether oxygens (including phenoxy) is 1. The largest absolute Gasteiger partial charge is 0.451 e. The second-order valence-corrected chi connectivity index (χ2v) is 8.10. The SMILES string of the molecule is Cc1nc(C)c(C(=O)OCC(=O)N2CCC(c3nc4ccccc4o3)CC2)s1. The molecule has 0 saturated carbocycles. The van der Waals surface area contributed by atoms with Crippen LogP contribution in [0.2, 0.25) is 0 Å². The van der Waals surface area contributed by atoms with Crippen molar-refractivity contribution in [1.82, 2.24) is 14.9 Å². The first-order valence-corrected chi connectivity index (χ1v) is 10.1. The van der Waals surface area contributed by atoms with Gasteiger partial charge in [-0.15, -0.1) is 11.3 Å². The lowest BCUT2D eigenvalue weighted by Crippen LogP contribution is -2.40. The molecular weight excluding hydrogens is 378 g/mol. The zero-order chi connectivity index (χ0) is 19.7. The molecule has 1 aromatic carbocycles. The molecule has 28 heavy (non-hydrogen) atoms. The van der Waals surface area contributed by atoms with Crippen molar-refractivity contribution in [2.45, 2.75) is 32.6 Å². The Morgan fingerprint density at radius 3 is 2.64 bits per heavy atom. The van der Waals surface area contributed by atoms with Gasteiger partial charge in [0.25, 0.3) is 5.91 Å². The number of thiazole rings is 1. The first-order chi connectivity index (χ1) is 13.5. The lowest BCUT2D eigenvalue weighted by atomic mass is 9.97. The fourth-order valence-corrected chi connectivity index (χ4v) is 4.26. The van der Waals surface area contributed by atoms with Crippen molar-refractivity contribution >= 4 is 34.3 Å². The van der Waals surface area contributed by atoms with Crippen LogP contribution in [0.25, 0.3) is 11.1 Å². The average Bonchev–Trinajstić information content (AvgIpc) is 3.28. The van der Waals surface area contributed by atoms with Crippen molar-refractivity contribution in [1.29, 1.82) is 0 Å². The lowest BCUT2D eigenvalue weighted by Gasteiger charge is -2.30. The predicted octanol–water partition coefficient (Wildman–Crippen LogP) is 3.46. The third kappa shape index (κ3) is 3.77. The van der Waals surface area contributed by atoms with Crippen LogP contribution in [0.4, 0.5) is 0 Å². The predicted molar refractivity (Wildman–Crippen MR) is 104 cm³/mol. The van der Waals surface area contributed by atoms with Gasteiger partial charge in [0, 0.05) is 19.0 Å². The number of aryl methyl sites for hydroxylation is 2.